The standard InChI is InChI=1S/C17H29N7O6/c1-8(2)6-11(19-15(28)12(7-25)18-10(5)26)14(27)20-13(9(3)4)16(29)30-17-21-23-24-22-17/h8-9,11-13,25H,6-7H2,1-5H3,(H,18,26)(H,19,28)(H,20,27)(H,21,22,23,24)/t11-,12-,13-/m0/s1. The zero-order valence-corrected chi connectivity index (χ0v) is 17.6. The smallest absolute Gasteiger partial charge is 0.363 e. The minimum absolute atomic E-state index is 0.0261. The van der Waals surface area contributed by atoms with Crippen molar-refractivity contribution in [2.75, 3.05) is 6.61 Å². The SMILES string of the molecule is CC(=O)N[C@@H](CO)C(=O)N[C@@H](CC(C)C)C(=O)N[C@H](C(=O)Oc1nn[nH]n1)C(C)C. The van der Waals surface area contributed by atoms with Crippen LogP contribution in [0.3, 0.4) is 0 Å². The monoisotopic (exact) mass is 427 g/mol. The van der Waals surface area contributed by atoms with Gasteiger partial charge in [0.2, 0.25) is 17.7 Å². The summed E-state index contributed by atoms with van der Waals surface area (Å²) >= 11 is 0. The maximum Gasteiger partial charge on any atom is 0.363 e. The van der Waals surface area contributed by atoms with Crippen LogP contribution in [0.15, 0.2) is 0 Å². The Bertz CT molecular complexity index is 722. The van der Waals surface area contributed by atoms with Crippen LogP contribution in [0.5, 0.6) is 6.01 Å². The number of nitrogens with one attached hydrogen (secondary N) is 4. The molecule has 0 aromatic carbocycles. The lowest BCUT2D eigenvalue weighted by atomic mass is 10.00. The largest absolute Gasteiger partial charge is 0.394 e. The van der Waals surface area contributed by atoms with Gasteiger partial charge in [0.05, 0.1) is 6.61 Å². The van der Waals surface area contributed by atoms with Crippen LogP contribution in [0, 0.1) is 11.8 Å². The highest BCUT2D eigenvalue weighted by Gasteiger charge is 2.32. The molecule has 0 saturated carbocycles. The van der Waals surface area contributed by atoms with Gasteiger partial charge in [-0.3, -0.25) is 14.4 Å². The van der Waals surface area contributed by atoms with Crippen LogP contribution in [-0.4, -0.2) is 74.2 Å². The van der Waals surface area contributed by atoms with Gasteiger partial charge < -0.3 is 25.8 Å². The summed E-state index contributed by atoms with van der Waals surface area (Å²) < 4.78 is 4.98. The van der Waals surface area contributed by atoms with Crippen LogP contribution >= 0.6 is 0 Å². The molecule has 0 spiro atoms. The summed E-state index contributed by atoms with van der Waals surface area (Å²) in [6.45, 7) is 7.69. The lowest BCUT2D eigenvalue weighted by Crippen LogP contribution is -2.57. The Labute approximate surface area is 173 Å². The fourth-order valence-electron chi connectivity index (χ4n) is 2.52. The van der Waals surface area contributed by atoms with Crippen molar-refractivity contribution >= 4 is 23.7 Å². The summed E-state index contributed by atoms with van der Waals surface area (Å²) in [5.74, 6) is -2.94. The molecule has 13 heteroatoms. The number of esters is 1. The number of aromatic nitrogens is 4. The van der Waals surface area contributed by atoms with E-state index in [9.17, 15) is 24.3 Å². The molecule has 5 N–H and O–H groups in total. The molecule has 0 saturated heterocycles. The van der Waals surface area contributed by atoms with Crippen molar-refractivity contribution in [3.05, 3.63) is 0 Å². The van der Waals surface area contributed by atoms with E-state index in [1.54, 1.807) is 13.8 Å². The summed E-state index contributed by atoms with van der Waals surface area (Å²) in [5.41, 5.74) is 0. The number of aliphatic hydroxyl groups excluding tert-OH is 1. The summed E-state index contributed by atoms with van der Waals surface area (Å²) in [7, 11) is 0. The van der Waals surface area contributed by atoms with Crippen molar-refractivity contribution in [2.24, 2.45) is 11.8 Å². The maximum absolute atomic E-state index is 12.8. The Balaban J connectivity index is 2.89. The van der Waals surface area contributed by atoms with E-state index in [0.29, 0.717) is 0 Å². The molecule has 13 nitrogen and oxygen atoms in total. The summed E-state index contributed by atoms with van der Waals surface area (Å²) in [4.78, 5) is 48.8. The van der Waals surface area contributed by atoms with Gasteiger partial charge in [0.1, 0.15) is 18.1 Å². The van der Waals surface area contributed by atoms with E-state index in [4.69, 9.17) is 4.74 Å². The molecule has 3 atom stereocenters. The zero-order valence-electron chi connectivity index (χ0n) is 17.6. The number of tetrazole rings is 1. The third-order valence-corrected chi connectivity index (χ3v) is 3.95. The first kappa shape index (κ1) is 24.9. The van der Waals surface area contributed by atoms with Gasteiger partial charge in [-0.25, -0.2) is 4.79 Å². The first-order valence-electron chi connectivity index (χ1n) is 9.48. The van der Waals surface area contributed by atoms with Gasteiger partial charge in [-0.05, 0) is 23.5 Å². The molecule has 1 rings (SSSR count). The third-order valence-electron chi connectivity index (χ3n) is 3.95. The molecule has 0 radical (unpaired) electrons. The lowest BCUT2D eigenvalue weighted by Gasteiger charge is -2.26. The number of aliphatic hydroxyl groups is 1. The highest BCUT2D eigenvalue weighted by Crippen LogP contribution is 2.10. The molecule has 0 bridgehead atoms. The van der Waals surface area contributed by atoms with Gasteiger partial charge in [0.15, 0.2) is 0 Å². The zero-order chi connectivity index (χ0) is 22.8. The van der Waals surface area contributed by atoms with Crippen molar-refractivity contribution in [1.29, 1.82) is 0 Å². The van der Waals surface area contributed by atoms with Crippen LogP contribution in [0.2, 0.25) is 0 Å². The molecule has 0 fully saturated rings. The van der Waals surface area contributed by atoms with Gasteiger partial charge >= 0.3 is 12.0 Å². The van der Waals surface area contributed by atoms with Crippen molar-refractivity contribution in [3.8, 4) is 6.01 Å². The first-order valence-corrected chi connectivity index (χ1v) is 9.48. The van der Waals surface area contributed by atoms with Gasteiger partial charge in [0.25, 0.3) is 0 Å². The number of carbonyl (C=O) groups excluding carboxylic acids is 4. The average molecular weight is 427 g/mol. The van der Waals surface area contributed by atoms with Gasteiger partial charge in [-0.2, -0.15) is 5.21 Å². The lowest BCUT2D eigenvalue weighted by molar-refractivity contribution is -0.142. The molecule has 0 aliphatic carbocycles. The second kappa shape index (κ2) is 11.8. The topological polar surface area (TPSA) is 188 Å². The number of amides is 3. The van der Waals surface area contributed by atoms with Crippen molar-refractivity contribution in [3.63, 3.8) is 0 Å². The molecule has 30 heavy (non-hydrogen) atoms. The second-order valence-corrected chi connectivity index (χ2v) is 7.47. The number of carbonyl (C=O) groups is 4. The van der Waals surface area contributed by atoms with E-state index in [2.05, 4.69) is 36.6 Å². The molecule has 1 aromatic rings. The van der Waals surface area contributed by atoms with Crippen LogP contribution < -0.4 is 20.7 Å². The fourth-order valence-corrected chi connectivity index (χ4v) is 2.52. The van der Waals surface area contributed by atoms with E-state index >= 15 is 0 Å². The summed E-state index contributed by atoms with van der Waals surface area (Å²) in [5, 5.41) is 29.2. The van der Waals surface area contributed by atoms with E-state index in [-0.39, 0.29) is 24.3 Å². The molecule has 1 heterocycles. The van der Waals surface area contributed by atoms with Gasteiger partial charge in [-0.1, -0.05) is 37.9 Å². The third kappa shape index (κ3) is 8.11. The van der Waals surface area contributed by atoms with Crippen LogP contribution in [-0.2, 0) is 19.2 Å². The van der Waals surface area contributed by atoms with Crippen LogP contribution in [0.25, 0.3) is 0 Å². The predicted octanol–water partition coefficient (Wildman–Crippen LogP) is -1.73. The molecular formula is C17H29N7O6. The molecule has 3 amide bonds. The number of hydrogen-bond acceptors (Lipinski definition) is 9. The van der Waals surface area contributed by atoms with Crippen LogP contribution in [0.4, 0.5) is 0 Å². The summed E-state index contributed by atoms with van der Waals surface area (Å²) in [6.07, 6.45) is 0.264. The molecule has 0 aliphatic heterocycles. The average Bonchev–Trinajstić information content (AvgIpc) is 3.15. The highest BCUT2D eigenvalue weighted by atomic mass is 16.6. The Morgan fingerprint density at radius 1 is 1.03 bits per heavy atom. The van der Waals surface area contributed by atoms with E-state index in [0.717, 1.165) is 0 Å². The highest BCUT2D eigenvalue weighted by molar-refractivity contribution is 5.93. The summed E-state index contributed by atoms with van der Waals surface area (Å²) in [6, 6.07) is -3.52. The quantitative estimate of drug-likeness (QED) is 0.256. The number of nitrogens with zero attached hydrogens (tertiary/aromatic N) is 3. The molecule has 0 unspecified atom stereocenters. The van der Waals surface area contributed by atoms with Gasteiger partial charge in [-0.15, -0.1) is 0 Å². The normalized spacial score (nSPS) is 14.0. The number of H-pyrrole nitrogens is 1. The molecule has 0 aliphatic rings. The Kier molecular flexibility index (Phi) is 9.81. The minimum atomic E-state index is -1.20. The number of hydrogen-bond donors (Lipinski definition) is 5. The van der Waals surface area contributed by atoms with Crippen molar-refractivity contribution < 1.29 is 29.0 Å². The van der Waals surface area contributed by atoms with Crippen molar-refractivity contribution in [2.45, 2.75) is 59.2 Å². The van der Waals surface area contributed by atoms with Gasteiger partial charge in [0, 0.05) is 6.92 Å². The molecular weight excluding hydrogens is 398 g/mol. The number of ether oxygens (including phenoxy) is 1. The van der Waals surface area contributed by atoms with E-state index in [1.807, 2.05) is 13.8 Å². The van der Waals surface area contributed by atoms with E-state index < -0.39 is 48.4 Å². The Morgan fingerprint density at radius 2 is 1.67 bits per heavy atom. The van der Waals surface area contributed by atoms with Crippen LogP contribution in [0.1, 0.15) is 41.0 Å². The Morgan fingerprint density at radius 3 is 2.13 bits per heavy atom. The number of aromatic amines is 1. The Hall–Kier alpha value is -3.09. The predicted molar refractivity (Wildman–Crippen MR) is 103 cm³/mol. The molecule has 168 valence electrons. The molecule has 1 aromatic heterocycles. The fraction of sp³-hybridized carbons (Fsp3) is 0.706. The second-order valence-electron chi connectivity index (χ2n) is 7.47. The van der Waals surface area contributed by atoms with E-state index in [1.165, 1.54) is 6.92 Å². The minimum Gasteiger partial charge on any atom is -0.394 e. The number of rotatable bonds is 11. The van der Waals surface area contributed by atoms with Crippen molar-refractivity contribution in [1.82, 2.24) is 36.6 Å². The first-order chi connectivity index (χ1) is 14.0. The maximum atomic E-state index is 12.8.